The van der Waals surface area contributed by atoms with Gasteiger partial charge in [-0.3, -0.25) is 9.48 Å². The van der Waals surface area contributed by atoms with Crippen LogP contribution in [0.3, 0.4) is 0 Å². The van der Waals surface area contributed by atoms with Crippen molar-refractivity contribution in [2.75, 3.05) is 6.54 Å². The summed E-state index contributed by atoms with van der Waals surface area (Å²) >= 11 is 0. The maximum atomic E-state index is 12.1. The van der Waals surface area contributed by atoms with E-state index in [2.05, 4.69) is 28.4 Å². The predicted octanol–water partition coefficient (Wildman–Crippen LogP) is 2.73. The zero-order valence-electron chi connectivity index (χ0n) is 13.6. The number of hydrogen-bond acceptors (Lipinski definition) is 2. The molecule has 3 rings (SSSR count). The van der Waals surface area contributed by atoms with Gasteiger partial charge in [0.2, 0.25) is 5.91 Å². The third-order valence-corrected chi connectivity index (χ3v) is 4.00. The summed E-state index contributed by atoms with van der Waals surface area (Å²) in [5.41, 5.74) is 4.30. The van der Waals surface area contributed by atoms with Crippen molar-refractivity contribution in [3.05, 3.63) is 53.5 Å². The topological polar surface area (TPSA) is 62.7 Å². The number of benzene rings is 1. The molecule has 0 atom stereocenters. The molecule has 5 heteroatoms. The van der Waals surface area contributed by atoms with Crippen molar-refractivity contribution in [3.63, 3.8) is 0 Å². The van der Waals surface area contributed by atoms with Crippen LogP contribution in [0.25, 0.3) is 10.9 Å². The van der Waals surface area contributed by atoms with E-state index in [0.29, 0.717) is 13.0 Å². The van der Waals surface area contributed by atoms with Crippen LogP contribution < -0.4 is 5.32 Å². The van der Waals surface area contributed by atoms with E-state index in [0.717, 1.165) is 40.8 Å². The Hall–Kier alpha value is -2.56. The number of carbonyl (C=O) groups is 1. The number of rotatable bonds is 6. The highest BCUT2D eigenvalue weighted by Gasteiger charge is 2.08. The minimum Gasteiger partial charge on any atom is -0.361 e. The molecule has 0 unspecified atom stereocenters. The van der Waals surface area contributed by atoms with E-state index in [4.69, 9.17) is 0 Å². The molecule has 1 amide bonds. The molecule has 0 fully saturated rings. The highest BCUT2D eigenvalue weighted by atomic mass is 16.1. The van der Waals surface area contributed by atoms with Crippen LogP contribution in [0.2, 0.25) is 0 Å². The van der Waals surface area contributed by atoms with Crippen LogP contribution in [0.1, 0.15) is 23.4 Å². The molecule has 2 heterocycles. The molecule has 0 spiro atoms. The van der Waals surface area contributed by atoms with E-state index < -0.39 is 0 Å². The first-order chi connectivity index (χ1) is 11.1. The number of hydrogen-bond donors (Lipinski definition) is 2. The van der Waals surface area contributed by atoms with Crippen molar-refractivity contribution < 1.29 is 4.79 Å². The lowest BCUT2D eigenvalue weighted by Crippen LogP contribution is -2.26. The first-order valence-corrected chi connectivity index (χ1v) is 7.96. The van der Waals surface area contributed by atoms with E-state index >= 15 is 0 Å². The SMILES string of the molecule is Cc1cc(C)n(CCCNC(=O)Cc2c[nH]c3ccccc23)n1. The van der Waals surface area contributed by atoms with Crippen molar-refractivity contribution in [3.8, 4) is 0 Å². The fraction of sp³-hybridized carbons (Fsp3) is 0.333. The van der Waals surface area contributed by atoms with Gasteiger partial charge in [-0.25, -0.2) is 0 Å². The van der Waals surface area contributed by atoms with Crippen LogP contribution in [0.4, 0.5) is 0 Å². The van der Waals surface area contributed by atoms with Gasteiger partial charge in [-0.1, -0.05) is 18.2 Å². The minimum atomic E-state index is 0.0584. The monoisotopic (exact) mass is 310 g/mol. The number of aromatic nitrogens is 3. The normalized spacial score (nSPS) is 11.0. The smallest absolute Gasteiger partial charge is 0.224 e. The highest BCUT2D eigenvalue weighted by Crippen LogP contribution is 2.17. The lowest BCUT2D eigenvalue weighted by Gasteiger charge is -2.06. The summed E-state index contributed by atoms with van der Waals surface area (Å²) in [5.74, 6) is 0.0584. The second-order valence-electron chi connectivity index (χ2n) is 5.89. The number of fused-ring (bicyclic) bond motifs is 1. The van der Waals surface area contributed by atoms with Gasteiger partial charge in [0.25, 0.3) is 0 Å². The van der Waals surface area contributed by atoms with Crippen molar-refractivity contribution in [2.24, 2.45) is 0 Å². The maximum Gasteiger partial charge on any atom is 0.224 e. The van der Waals surface area contributed by atoms with Crippen molar-refractivity contribution in [1.29, 1.82) is 0 Å². The van der Waals surface area contributed by atoms with Crippen LogP contribution in [0.5, 0.6) is 0 Å². The number of aromatic amines is 1. The van der Waals surface area contributed by atoms with Crippen LogP contribution in [0, 0.1) is 13.8 Å². The average Bonchev–Trinajstić information content (AvgIpc) is 3.07. The Bertz CT molecular complexity index is 815. The molecule has 0 saturated carbocycles. The van der Waals surface area contributed by atoms with Crippen molar-refractivity contribution in [2.45, 2.75) is 33.2 Å². The molecule has 0 aliphatic heterocycles. The Morgan fingerprint density at radius 3 is 2.91 bits per heavy atom. The van der Waals surface area contributed by atoms with Gasteiger partial charge < -0.3 is 10.3 Å². The van der Waals surface area contributed by atoms with Gasteiger partial charge >= 0.3 is 0 Å². The van der Waals surface area contributed by atoms with E-state index in [-0.39, 0.29) is 5.91 Å². The number of carbonyl (C=O) groups excluding carboxylic acids is 1. The zero-order valence-corrected chi connectivity index (χ0v) is 13.6. The lowest BCUT2D eigenvalue weighted by molar-refractivity contribution is -0.120. The quantitative estimate of drug-likeness (QED) is 0.688. The summed E-state index contributed by atoms with van der Waals surface area (Å²) in [5, 5.41) is 8.53. The highest BCUT2D eigenvalue weighted by molar-refractivity contribution is 5.88. The van der Waals surface area contributed by atoms with Gasteiger partial charge in [0, 0.05) is 35.9 Å². The van der Waals surface area contributed by atoms with Gasteiger partial charge in [0.05, 0.1) is 12.1 Å². The van der Waals surface area contributed by atoms with Gasteiger partial charge in [-0.05, 0) is 38.0 Å². The number of para-hydroxylation sites is 1. The van der Waals surface area contributed by atoms with Gasteiger partial charge in [-0.15, -0.1) is 0 Å². The molecule has 0 radical (unpaired) electrons. The van der Waals surface area contributed by atoms with Gasteiger partial charge in [-0.2, -0.15) is 5.10 Å². The summed E-state index contributed by atoms with van der Waals surface area (Å²) < 4.78 is 1.99. The summed E-state index contributed by atoms with van der Waals surface area (Å²) in [6, 6.07) is 10.1. The van der Waals surface area contributed by atoms with E-state index in [1.165, 1.54) is 0 Å². The first-order valence-electron chi connectivity index (χ1n) is 7.96. The Balaban J connectivity index is 1.47. The number of amides is 1. The molecule has 0 bridgehead atoms. The molecule has 0 aliphatic carbocycles. The average molecular weight is 310 g/mol. The largest absolute Gasteiger partial charge is 0.361 e. The third kappa shape index (κ3) is 3.62. The van der Waals surface area contributed by atoms with E-state index in [1.807, 2.05) is 42.1 Å². The number of nitrogens with one attached hydrogen (secondary N) is 2. The number of aryl methyl sites for hydroxylation is 3. The van der Waals surface area contributed by atoms with Crippen molar-refractivity contribution >= 4 is 16.8 Å². The Labute approximate surface area is 135 Å². The van der Waals surface area contributed by atoms with Crippen LogP contribution in [0.15, 0.2) is 36.5 Å². The Morgan fingerprint density at radius 2 is 2.13 bits per heavy atom. The molecule has 2 N–H and O–H groups in total. The lowest BCUT2D eigenvalue weighted by atomic mass is 10.1. The first kappa shape index (κ1) is 15.3. The van der Waals surface area contributed by atoms with Crippen molar-refractivity contribution in [1.82, 2.24) is 20.1 Å². The second-order valence-corrected chi connectivity index (χ2v) is 5.89. The van der Waals surface area contributed by atoms with Crippen LogP contribution >= 0.6 is 0 Å². The second kappa shape index (κ2) is 6.69. The Morgan fingerprint density at radius 1 is 1.30 bits per heavy atom. The molecule has 0 saturated heterocycles. The molecular formula is C18H22N4O. The number of H-pyrrole nitrogens is 1. The predicted molar refractivity (Wildman–Crippen MR) is 91.3 cm³/mol. The van der Waals surface area contributed by atoms with Gasteiger partial charge in [0.1, 0.15) is 0 Å². The molecular weight excluding hydrogens is 288 g/mol. The van der Waals surface area contributed by atoms with E-state index in [1.54, 1.807) is 0 Å². The molecule has 120 valence electrons. The summed E-state index contributed by atoms with van der Waals surface area (Å²) in [6.45, 7) is 5.54. The zero-order chi connectivity index (χ0) is 16.2. The fourth-order valence-electron chi connectivity index (χ4n) is 2.87. The molecule has 3 aromatic rings. The standard InChI is InChI=1S/C18H22N4O/c1-13-10-14(2)22(21-13)9-5-8-19-18(23)11-15-12-20-17-7-4-3-6-16(15)17/h3-4,6-7,10,12,20H,5,8-9,11H2,1-2H3,(H,19,23). The van der Waals surface area contributed by atoms with Crippen LogP contribution in [-0.2, 0) is 17.8 Å². The molecule has 5 nitrogen and oxygen atoms in total. The van der Waals surface area contributed by atoms with Crippen LogP contribution in [-0.4, -0.2) is 27.2 Å². The van der Waals surface area contributed by atoms with Gasteiger partial charge in [0.15, 0.2) is 0 Å². The summed E-state index contributed by atoms with van der Waals surface area (Å²) in [6.07, 6.45) is 3.20. The van der Waals surface area contributed by atoms with E-state index in [9.17, 15) is 4.79 Å². The molecule has 2 aromatic heterocycles. The Kier molecular flexibility index (Phi) is 4.46. The third-order valence-electron chi connectivity index (χ3n) is 4.00. The summed E-state index contributed by atoms with van der Waals surface area (Å²) in [4.78, 5) is 15.3. The summed E-state index contributed by atoms with van der Waals surface area (Å²) in [7, 11) is 0. The minimum absolute atomic E-state index is 0.0584. The molecule has 1 aromatic carbocycles. The number of nitrogens with zero attached hydrogens (tertiary/aromatic N) is 2. The fourth-order valence-corrected chi connectivity index (χ4v) is 2.87. The maximum absolute atomic E-state index is 12.1. The molecule has 0 aliphatic rings. The molecule has 23 heavy (non-hydrogen) atoms.